The van der Waals surface area contributed by atoms with E-state index in [0.29, 0.717) is 18.9 Å². The number of Topliss-reactive ketones (excluding diaryl/α,β-unsaturated/α-hetero) is 1. The van der Waals surface area contributed by atoms with Gasteiger partial charge in [0.2, 0.25) is 5.91 Å². The molecule has 6 heteroatoms. The number of amides is 1. The van der Waals surface area contributed by atoms with E-state index in [-0.39, 0.29) is 24.1 Å². The Labute approximate surface area is 130 Å². The fraction of sp³-hybridized carbons (Fsp3) is 0.571. The average molecular weight is 317 g/mol. The molecule has 1 N–H and O–H groups in total. The van der Waals surface area contributed by atoms with Crippen molar-refractivity contribution in [3.63, 3.8) is 0 Å². The Morgan fingerprint density at radius 2 is 2.05 bits per heavy atom. The second-order valence-electron chi connectivity index (χ2n) is 4.89. The van der Waals surface area contributed by atoms with Gasteiger partial charge >= 0.3 is 0 Å². The van der Waals surface area contributed by atoms with Gasteiger partial charge in [0.15, 0.2) is 5.78 Å². The Morgan fingerprint density at radius 3 is 2.65 bits per heavy atom. The van der Waals surface area contributed by atoms with Crippen LogP contribution in [0.3, 0.4) is 0 Å². The number of piperidine rings is 1. The summed E-state index contributed by atoms with van der Waals surface area (Å²) in [6.45, 7) is 1.94. The minimum absolute atomic E-state index is 0. The molecule has 0 aromatic carbocycles. The lowest BCUT2D eigenvalue weighted by Gasteiger charge is -2.31. The first-order chi connectivity index (χ1) is 9.18. The van der Waals surface area contributed by atoms with Crippen LogP contribution in [-0.2, 0) is 4.79 Å². The molecule has 0 spiro atoms. The van der Waals surface area contributed by atoms with Gasteiger partial charge in [-0.3, -0.25) is 9.59 Å². The smallest absolute Gasteiger partial charge is 0.223 e. The molecule has 0 aliphatic carbocycles. The predicted molar refractivity (Wildman–Crippen MR) is 83.8 cm³/mol. The number of ketones is 1. The SMILES string of the molecule is CN(C(=O)CCC(=O)c1cccs1)C1CCNCC1.Cl. The lowest BCUT2D eigenvalue weighted by Crippen LogP contribution is -2.44. The summed E-state index contributed by atoms with van der Waals surface area (Å²) in [5, 5.41) is 5.17. The molecule has 1 aromatic rings. The molecule has 0 bridgehead atoms. The quantitative estimate of drug-likeness (QED) is 0.848. The molecule has 1 aromatic heterocycles. The first-order valence-corrected chi connectivity index (χ1v) is 7.59. The molecule has 0 atom stereocenters. The number of carbonyl (C=O) groups is 2. The van der Waals surface area contributed by atoms with Gasteiger partial charge in [0.05, 0.1) is 4.88 Å². The zero-order valence-corrected chi connectivity index (χ0v) is 13.3. The molecule has 112 valence electrons. The molecule has 2 heterocycles. The van der Waals surface area contributed by atoms with E-state index in [2.05, 4.69) is 5.32 Å². The average Bonchev–Trinajstić information content (AvgIpc) is 2.98. The van der Waals surface area contributed by atoms with Crippen molar-refractivity contribution in [1.29, 1.82) is 0 Å². The van der Waals surface area contributed by atoms with Crippen LogP contribution in [0.15, 0.2) is 17.5 Å². The highest BCUT2D eigenvalue weighted by Gasteiger charge is 2.22. The fourth-order valence-corrected chi connectivity index (χ4v) is 3.05. The molecule has 1 fully saturated rings. The van der Waals surface area contributed by atoms with Crippen molar-refractivity contribution in [2.24, 2.45) is 0 Å². The second kappa shape index (κ2) is 8.39. The first kappa shape index (κ1) is 17.1. The fourth-order valence-electron chi connectivity index (χ4n) is 2.35. The Bertz CT molecular complexity index is 430. The number of nitrogens with zero attached hydrogens (tertiary/aromatic N) is 1. The number of thiophene rings is 1. The molecule has 4 nitrogen and oxygen atoms in total. The summed E-state index contributed by atoms with van der Waals surface area (Å²) in [6.07, 6.45) is 2.63. The Hall–Kier alpha value is -0.910. The van der Waals surface area contributed by atoms with E-state index in [9.17, 15) is 9.59 Å². The van der Waals surface area contributed by atoms with E-state index >= 15 is 0 Å². The molecular formula is C14H21ClN2O2S. The van der Waals surface area contributed by atoms with E-state index < -0.39 is 0 Å². The number of carbonyl (C=O) groups excluding carboxylic acids is 2. The van der Waals surface area contributed by atoms with Gasteiger partial charge < -0.3 is 10.2 Å². The van der Waals surface area contributed by atoms with Gasteiger partial charge in [-0.25, -0.2) is 0 Å². The van der Waals surface area contributed by atoms with Crippen LogP contribution in [0.4, 0.5) is 0 Å². The molecule has 0 radical (unpaired) electrons. The van der Waals surface area contributed by atoms with Gasteiger partial charge in [0.25, 0.3) is 0 Å². The minimum atomic E-state index is 0. The molecule has 1 saturated heterocycles. The van der Waals surface area contributed by atoms with Crippen LogP contribution in [0.25, 0.3) is 0 Å². The topological polar surface area (TPSA) is 49.4 Å². The van der Waals surface area contributed by atoms with Crippen LogP contribution < -0.4 is 5.32 Å². The van der Waals surface area contributed by atoms with Gasteiger partial charge in [0.1, 0.15) is 0 Å². The van der Waals surface area contributed by atoms with Crippen molar-refractivity contribution in [2.75, 3.05) is 20.1 Å². The summed E-state index contributed by atoms with van der Waals surface area (Å²) < 4.78 is 0. The molecule has 0 saturated carbocycles. The monoisotopic (exact) mass is 316 g/mol. The van der Waals surface area contributed by atoms with Crippen molar-refractivity contribution in [3.8, 4) is 0 Å². The summed E-state index contributed by atoms with van der Waals surface area (Å²) in [5.41, 5.74) is 0. The summed E-state index contributed by atoms with van der Waals surface area (Å²) in [4.78, 5) is 26.5. The van der Waals surface area contributed by atoms with Crippen molar-refractivity contribution < 1.29 is 9.59 Å². The largest absolute Gasteiger partial charge is 0.343 e. The number of hydrogen-bond acceptors (Lipinski definition) is 4. The lowest BCUT2D eigenvalue weighted by atomic mass is 10.0. The lowest BCUT2D eigenvalue weighted by molar-refractivity contribution is -0.132. The highest BCUT2D eigenvalue weighted by molar-refractivity contribution is 7.12. The van der Waals surface area contributed by atoms with Gasteiger partial charge in [0, 0.05) is 25.9 Å². The number of nitrogens with one attached hydrogen (secondary N) is 1. The summed E-state index contributed by atoms with van der Waals surface area (Å²) in [6, 6.07) is 4.00. The van der Waals surface area contributed by atoms with Crippen molar-refractivity contribution >= 4 is 35.4 Å². The van der Waals surface area contributed by atoms with E-state index in [1.807, 2.05) is 29.5 Å². The third-order valence-electron chi connectivity index (χ3n) is 3.61. The standard InChI is InChI=1S/C14H20N2O2S.ClH/c1-16(11-6-8-15-9-7-11)14(18)5-4-12(17)13-3-2-10-19-13;/h2-3,10-11,15H,4-9H2,1H3;1H. The highest BCUT2D eigenvalue weighted by Crippen LogP contribution is 2.15. The summed E-state index contributed by atoms with van der Waals surface area (Å²) >= 11 is 1.44. The third kappa shape index (κ3) is 4.58. The van der Waals surface area contributed by atoms with Crippen molar-refractivity contribution in [2.45, 2.75) is 31.7 Å². The van der Waals surface area contributed by atoms with Crippen LogP contribution in [0.1, 0.15) is 35.4 Å². The zero-order valence-electron chi connectivity index (χ0n) is 11.6. The van der Waals surface area contributed by atoms with Crippen LogP contribution in [0.2, 0.25) is 0 Å². The van der Waals surface area contributed by atoms with Crippen LogP contribution in [-0.4, -0.2) is 42.8 Å². The summed E-state index contributed by atoms with van der Waals surface area (Å²) in [7, 11) is 1.86. The number of rotatable bonds is 5. The third-order valence-corrected chi connectivity index (χ3v) is 4.52. The maximum atomic E-state index is 12.1. The second-order valence-corrected chi connectivity index (χ2v) is 5.83. The highest BCUT2D eigenvalue weighted by atomic mass is 35.5. The molecule has 0 unspecified atom stereocenters. The molecule has 20 heavy (non-hydrogen) atoms. The van der Waals surface area contributed by atoms with Gasteiger partial charge in [-0.05, 0) is 37.4 Å². The van der Waals surface area contributed by atoms with Gasteiger partial charge in [-0.15, -0.1) is 23.7 Å². The molecule has 1 aliphatic heterocycles. The Balaban J connectivity index is 0.00000200. The predicted octanol–water partition coefficient (Wildman–Crippen LogP) is 2.34. The van der Waals surface area contributed by atoms with Crippen molar-refractivity contribution in [3.05, 3.63) is 22.4 Å². The van der Waals surface area contributed by atoms with Crippen LogP contribution in [0.5, 0.6) is 0 Å². The maximum absolute atomic E-state index is 12.1. The molecule has 1 amide bonds. The van der Waals surface area contributed by atoms with Gasteiger partial charge in [-0.1, -0.05) is 6.07 Å². The van der Waals surface area contributed by atoms with Crippen molar-refractivity contribution in [1.82, 2.24) is 10.2 Å². The number of halogens is 1. The molecular weight excluding hydrogens is 296 g/mol. The van der Waals surface area contributed by atoms with E-state index in [0.717, 1.165) is 30.8 Å². The normalized spacial score (nSPS) is 15.4. The minimum Gasteiger partial charge on any atom is -0.343 e. The molecule has 2 rings (SSSR count). The van der Waals surface area contributed by atoms with E-state index in [1.54, 1.807) is 0 Å². The number of hydrogen-bond donors (Lipinski definition) is 1. The first-order valence-electron chi connectivity index (χ1n) is 6.71. The van der Waals surface area contributed by atoms with Gasteiger partial charge in [-0.2, -0.15) is 0 Å². The summed E-state index contributed by atoms with van der Waals surface area (Å²) in [5.74, 6) is 0.152. The Morgan fingerprint density at radius 1 is 1.35 bits per heavy atom. The van der Waals surface area contributed by atoms with Crippen LogP contribution in [0, 0.1) is 0 Å². The Kier molecular flexibility index (Phi) is 7.19. The maximum Gasteiger partial charge on any atom is 0.223 e. The molecule has 1 aliphatic rings. The van der Waals surface area contributed by atoms with E-state index in [1.165, 1.54) is 11.3 Å². The zero-order chi connectivity index (χ0) is 13.7. The van der Waals surface area contributed by atoms with Crippen LogP contribution >= 0.6 is 23.7 Å². The van der Waals surface area contributed by atoms with E-state index in [4.69, 9.17) is 0 Å².